The molecule has 2 rings (SSSR count). The molecule has 106 valence electrons. The Bertz CT molecular complexity index is 611. The fourth-order valence-corrected chi connectivity index (χ4v) is 1.92. The van der Waals surface area contributed by atoms with Crippen molar-refractivity contribution in [3.05, 3.63) is 40.9 Å². The van der Waals surface area contributed by atoms with Crippen LogP contribution in [0.5, 0.6) is 5.75 Å². The highest BCUT2D eigenvalue weighted by Crippen LogP contribution is 2.25. The average Bonchev–Trinajstić information content (AvgIpc) is 2.93. The zero-order valence-corrected chi connectivity index (χ0v) is 12.2. The van der Waals surface area contributed by atoms with Crippen LogP contribution >= 0.6 is 11.6 Å². The summed E-state index contributed by atoms with van der Waals surface area (Å²) in [5, 5.41) is 9.86. The third kappa shape index (κ3) is 2.91. The summed E-state index contributed by atoms with van der Waals surface area (Å²) in [5.41, 5.74) is -0.209. The number of aromatic amines is 1. The van der Waals surface area contributed by atoms with Crippen LogP contribution in [0.25, 0.3) is 0 Å². The van der Waals surface area contributed by atoms with Crippen LogP contribution in [0, 0.1) is 0 Å². The number of H-pyrrole nitrogens is 1. The first-order chi connectivity index (χ1) is 9.44. The van der Waals surface area contributed by atoms with Gasteiger partial charge in [0.2, 0.25) is 0 Å². The van der Waals surface area contributed by atoms with E-state index in [0.717, 1.165) is 0 Å². The summed E-state index contributed by atoms with van der Waals surface area (Å²) in [5.74, 6) is 0.782. The van der Waals surface area contributed by atoms with Crippen LogP contribution in [0.4, 0.5) is 0 Å². The lowest BCUT2D eigenvalue weighted by atomic mass is 10.0. The molecule has 2 N–H and O–H groups in total. The van der Waals surface area contributed by atoms with Gasteiger partial charge in [0.05, 0.1) is 17.7 Å². The number of hydrogen-bond acceptors (Lipinski definition) is 4. The molecule has 0 unspecified atom stereocenters. The van der Waals surface area contributed by atoms with Crippen LogP contribution in [-0.4, -0.2) is 28.2 Å². The Morgan fingerprint density at radius 2 is 2.20 bits per heavy atom. The van der Waals surface area contributed by atoms with Gasteiger partial charge in [-0.2, -0.15) is 5.10 Å². The Hall–Kier alpha value is -2.08. The summed E-state index contributed by atoms with van der Waals surface area (Å²) in [4.78, 5) is 16.3. The number of benzene rings is 1. The number of nitrogens with one attached hydrogen (secondary N) is 2. The molecule has 6 nitrogen and oxygen atoms in total. The van der Waals surface area contributed by atoms with Gasteiger partial charge in [-0.1, -0.05) is 11.6 Å². The molecular weight excluding hydrogens is 280 g/mol. The van der Waals surface area contributed by atoms with Crippen molar-refractivity contribution in [2.24, 2.45) is 0 Å². The van der Waals surface area contributed by atoms with Gasteiger partial charge in [-0.3, -0.25) is 9.89 Å². The molecule has 1 heterocycles. The van der Waals surface area contributed by atoms with Gasteiger partial charge in [0.1, 0.15) is 17.9 Å². The molecule has 2 aromatic rings. The van der Waals surface area contributed by atoms with Gasteiger partial charge in [0, 0.05) is 5.56 Å². The topological polar surface area (TPSA) is 79.9 Å². The highest BCUT2D eigenvalue weighted by atomic mass is 35.5. The van der Waals surface area contributed by atoms with E-state index in [1.807, 2.05) is 13.8 Å². The number of carbonyl (C=O) groups is 1. The van der Waals surface area contributed by atoms with E-state index in [0.29, 0.717) is 22.2 Å². The highest BCUT2D eigenvalue weighted by Gasteiger charge is 2.26. The van der Waals surface area contributed by atoms with Crippen molar-refractivity contribution >= 4 is 17.5 Å². The van der Waals surface area contributed by atoms with Crippen LogP contribution < -0.4 is 10.1 Å². The number of ether oxygens (including phenoxy) is 1. The van der Waals surface area contributed by atoms with Gasteiger partial charge in [0.15, 0.2) is 0 Å². The first kappa shape index (κ1) is 14.3. The number of carbonyl (C=O) groups excluding carboxylic acids is 1. The first-order valence-corrected chi connectivity index (χ1v) is 6.34. The van der Waals surface area contributed by atoms with E-state index in [1.165, 1.54) is 13.4 Å². The number of amides is 1. The highest BCUT2D eigenvalue weighted by molar-refractivity contribution is 6.32. The van der Waals surface area contributed by atoms with Crippen molar-refractivity contribution in [1.29, 1.82) is 0 Å². The molecule has 0 bridgehead atoms. The van der Waals surface area contributed by atoms with Crippen molar-refractivity contribution in [3.8, 4) is 5.75 Å². The van der Waals surface area contributed by atoms with E-state index in [-0.39, 0.29) is 5.91 Å². The lowest BCUT2D eigenvalue weighted by molar-refractivity contribution is 0.0908. The van der Waals surface area contributed by atoms with Gasteiger partial charge in [-0.15, -0.1) is 0 Å². The lowest BCUT2D eigenvalue weighted by Crippen LogP contribution is -2.41. The molecule has 1 aromatic carbocycles. The molecule has 0 atom stereocenters. The lowest BCUT2D eigenvalue weighted by Gasteiger charge is -2.23. The fourth-order valence-electron chi connectivity index (χ4n) is 1.72. The molecule has 20 heavy (non-hydrogen) atoms. The third-order valence-corrected chi connectivity index (χ3v) is 3.16. The molecule has 0 saturated carbocycles. The molecule has 0 saturated heterocycles. The van der Waals surface area contributed by atoms with Crippen molar-refractivity contribution < 1.29 is 9.53 Å². The molecule has 0 aliphatic heterocycles. The first-order valence-electron chi connectivity index (χ1n) is 5.96. The summed E-state index contributed by atoms with van der Waals surface area (Å²) in [6, 6.07) is 4.85. The Morgan fingerprint density at radius 1 is 1.45 bits per heavy atom. The van der Waals surface area contributed by atoms with E-state index in [2.05, 4.69) is 20.5 Å². The smallest absolute Gasteiger partial charge is 0.252 e. The second kappa shape index (κ2) is 5.50. The fraction of sp³-hybridized carbons (Fsp3) is 0.308. The Morgan fingerprint density at radius 3 is 2.80 bits per heavy atom. The van der Waals surface area contributed by atoms with Crippen LogP contribution in [0.3, 0.4) is 0 Å². The SMILES string of the molecule is COc1cc(C(=O)NC(C)(C)c2ncn[nH]2)ccc1Cl. The van der Waals surface area contributed by atoms with E-state index in [9.17, 15) is 4.79 Å². The second-order valence-corrected chi connectivity index (χ2v) is 5.17. The molecule has 0 radical (unpaired) electrons. The minimum atomic E-state index is -0.666. The van der Waals surface area contributed by atoms with Crippen molar-refractivity contribution in [3.63, 3.8) is 0 Å². The summed E-state index contributed by atoms with van der Waals surface area (Å²) >= 11 is 5.94. The van der Waals surface area contributed by atoms with E-state index in [1.54, 1.807) is 18.2 Å². The van der Waals surface area contributed by atoms with Gasteiger partial charge in [-0.05, 0) is 32.0 Å². The predicted molar refractivity (Wildman–Crippen MR) is 74.9 cm³/mol. The van der Waals surface area contributed by atoms with E-state index in [4.69, 9.17) is 16.3 Å². The molecular formula is C13H15ClN4O2. The maximum absolute atomic E-state index is 12.3. The maximum Gasteiger partial charge on any atom is 0.252 e. The van der Waals surface area contributed by atoms with Crippen LogP contribution in [0.1, 0.15) is 30.0 Å². The average molecular weight is 295 g/mol. The quantitative estimate of drug-likeness (QED) is 0.905. The van der Waals surface area contributed by atoms with Crippen molar-refractivity contribution in [1.82, 2.24) is 20.5 Å². The zero-order valence-electron chi connectivity index (χ0n) is 11.4. The molecule has 0 spiro atoms. The van der Waals surface area contributed by atoms with E-state index < -0.39 is 5.54 Å². The van der Waals surface area contributed by atoms with Crippen molar-refractivity contribution in [2.75, 3.05) is 7.11 Å². The van der Waals surface area contributed by atoms with Crippen LogP contribution in [0.2, 0.25) is 5.02 Å². The zero-order chi connectivity index (χ0) is 14.8. The third-order valence-electron chi connectivity index (χ3n) is 2.85. The number of methoxy groups -OCH3 is 1. The van der Waals surface area contributed by atoms with Gasteiger partial charge in [-0.25, -0.2) is 4.98 Å². The standard InChI is InChI=1S/C13H15ClN4O2/c1-13(2,12-15-7-16-18-12)17-11(19)8-4-5-9(14)10(6-8)20-3/h4-7H,1-3H3,(H,17,19)(H,15,16,18). The predicted octanol–water partition coefficient (Wildman–Crippen LogP) is 2.13. The maximum atomic E-state index is 12.3. The Balaban J connectivity index is 2.20. The van der Waals surface area contributed by atoms with Crippen LogP contribution in [0.15, 0.2) is 24.5 Å². The molecule has 1 amide bonds. The van der Waals surface area contributed by atoms with Crippen molar-refractivity contribution in [2.45, 2.75) is 19.4 Å². The van der Waals surface area contributed by atoms with Gasteiger partial charge in [0.25, 0.3) is 5.91 Å². The number of halogens is 1. The minimum Gasteiger partial charge on any atom is -0.495 e. The monoisotopic (exact) mass is 294 g/mol. The summed E-state index contributed by atoms with van der Waals surface area (Å²) in [6.07, 6.45) is 1.40. The normalized spacial score (nSPS) is 11.2. The molecule has 0 aliphatic carbocycles. The summed E-state index contributed by atoms with van der Waals surface area (Å²) in [6.45, 7) is 3.66. The molecule has 1 aromatic heterocycles. The van der Waals surface area contributed by atoms with Crippen LogP contribution in [-0.2, 0) is 5.54 Å². The minimum absolute atomic E-state index is 0.249. The molecule has 0 aliphatic rings. The number of rotatable bonds is 4. The second-order valence-electron chi connectivity index (χ2n) is 4.76. The summed E-state index contributed by atoms with van der Waals surface area (Å²) in [7, 11) is 1.50. The van der Waals surface area contributed by atoms with Gasteiger partial charge >= 0.3 is 0 Å². The Labute approximate surface area is 121 Å². The molecule has 0 fully saturated rings. The van der Waals surface area contributed by atoms with Gasteiger partial charge < -0.3 is 10.1 Å². The molecule has 7 heteroatoms. The number of nitrogens with zero attached hydrogens (tertiary/aromatic N) is 2. The largest absolute Gasteiger partial charge is 0.495 e. The Kier molecular flexibility index (Phi) is 3.94. The summed E-state index contributed by atoms with van der Waals surface area (Å²) < 4.78 is 5.10. The van der Waals surface area contributed by atoms with E-state index >= 15 is 0 Å². The number of aromatic nitrogens is 3. The number of hydrogen-bond donors (Lipinski definition) is 2.